The van der Waals surface area contributed by atoms with Gasteiger partial charge in [0.25, 0.3) is 0 Å². The molecule has 0 heterocycles. The Morgan fingerprint density at radius 1 is 1.13 bits per heavy atom. The van der Waals surface area contributed by atoms with Crippen LogP contribution in [0.25, 0.3) is 0 Å². The minimum atomic E-state index is -4.77. The molecule has 0 aromatic heterocycles. The standard InChI is InChI=1S/C16H15F3N2O2/c1-11-5-2-3-6-12(11)10-20-15(22)21-13-7-4-8-14(9-13)23-16(17,18)19/h2-9H,10H2,1H3,(H2,20,21,22). The van der Waals surface area contributed by atoms with E-state index in [1.807, 2.05) is 31.2 Å². The average Bonchev–Trinajstić information content (AvgIpc) is 2.45. The molecule has 0 unspecified atom stereocenters. The van der Waals surface area contributed by atoms with Gasteiger partial charge in [-0.15, -0.1) is 13.2 Å². The van der Waals surface area contributed by atoms with E-state index in [2.05, 4.69) is 15.4 Å². The van der Waals surface area contributed by atoms with Gasteiger partial charge in [-0.05, 0) is 30.2 Å². The van der Waals surface area contributed by atoms with Crippen molar-refractivity contribution in [2.75, 3.05) is 5.32 Å². The second kappa shape index (κ2) is 7.04. The van der Waals surface area contributed by atoms with Crippen molar-refractivity contribution in [3.05, 3.63) is 59.7 Å². The molecule has 2 rings (SSSR count). The van der Waals surface area contributed by atoms with Crippen LogP contribution >= 0.6 is 0 Å². The number of hydrogen-bond acceptors (Lipinski definition) is 2. The summed E-state index contributed by atoms with van der Waals surface area (Å²) in [6.07, 6.45) is -4.77. The first-order chi connectivity index (χ1) is 10.8. The fourth-order valence-corrected chi connectivity index (χ4v) is 1.93. The number of halogens is 3. The molecular formula is C16H15F3N2O2. The summed E-state index contributed by atoms with van der Waals surface area (Å²) in [6.45, 7) is 2.24. The largest absolute Gasteiger partial charge is 0.573 e. The first-order valence-electron chi connectivity index (χ1n) is 6.79. The summed E-state index contributed by atoms with van der Waals surface area (Å²) < 4.78 is 40.3. The van der Waals surface area contributed by atoms with E-state index in [1.54, 1.807) is 0 Å². The van der Waals surface area contributed by atoms with E-state index in [-0.39, 0.29) is 5.69 Å². The number of aryl methyl sites for hydroxylation is 1. The van der Waals surface area contributed by atoms with E-state index in [1.165, 1.54) is 12.1 Å². The molecule has 0 aliphatic heterocycles. The van der Waals surface area contributed by atoms with Crippen molar-refractivity contribution in [3.63, 3.8) is 0 Å². The van der Waals surface area contributed by atoms with Crippen molar-refractivity contribution in [1.82, 2.24) is 5.32 Å². The second-order valence-electron chi connectivity index (χ2n) is 4.81. The highest BCUT2D eigenvalue weighted by Gasteiger charge is 2.31. The van der Waals surface area contributed by atoms with Crippen LogP contribution in [-0.4, -0.2) is 12.4 Å². The number of nitrogens with one attached hydrogen (secondary N) is 2. The summed E-state index contributed by atoms with van der Waals surface area (Å²) in [5.41, 5.74) is 2.19. The van der Waals surface area contributed by atoms with Gasteiger partial charge in [0.2, 0.25) is 0 Å². The summed E-state index contributed by atoms with van der Waals surface area (Å²) in [6, 6.07) is 12.1. The Morgan fingerprint density at radius 2 is 1.87 bits per heavy atom. The third-order valence-electron chi connectivity index (χ3n) is 3.03. The number of carbonyl (C=O) groups excluding carboxylic acids is 1. The summed E-state index contributed by atoms with van der Waals surface area (Å²) in [4.78, 5) is 11.8. The highest BCUT2D eigenvalue weighted by Crippen LogP contribution is 2.24. The molecule has 0 radical (unpaired) electrons. The first kappa shape index (κ1) is 16.7. The Balaban J connectivity index is 1.93. The lowest BCUT2D eigenvalue weighted by Gasteiger charge is -2.12. The van der Waals surface area contributed by atoms with Gasteiger partial charge < -0.3 is 15.4 Å². The predicted molar refractivity (Wildman–Crippen MR) is 80.2 cm³/mol. The number of hydrogen-bond donors (Lipinski definition) is 2. The highest BCUT2D eigenvalue weighted by atomic mass is 19.4. The van der Waals surface area contributed by atoms with Crippen LogP contribution in [0.4, 0.5) is 23.7 Å². The van der Waals surface area contributed by atoms with Crippen LogP contribution in [0.3, 0.4) is 0 Å². The SMILES string of the molecule is Cc1ccccc1CNC(=O)Nc1cccc(OC(F)(F)F)c1. The van der Waals surface area contributed by atoms with Crippen molar-refractivity contribution in [3.8, 4) is 5.75 Å². The number of alkyl halides is 3. The number of urea groups is 1. The Morgan fingerprint density at radius 3 is 2.57 bits per heavy atom. The van der Waals surface area contributed by atoms with Gasteiger partial charge in [-0.25, -0.2) is 4.79 Å². The van der Waals surface area contributed by atoms with Crippen LogP contribution in [0, 0.1) is 6.92 Å². The predicted octanol–water partition coefficient (Wildman–Crippen LogP) is 4.22. The molecule has 0 bridgehead atoms. The second-order valence-corrected chi connectivity index (χ2v) is 4.81. The Hall–Kier alpha value is -2.70. The van der Waals surface area contributed by atoms with Crippen molar-refractivity contribution in [1.29, 1.82) is 0 Å². The highest BCUT2D eigenvalue weighted by molar-refractivity contribution is 5.89. The van der Waals surface area contributed by atoms with Gasteiger partial charge in [0.1, 0.15) is 5.75 Å². The summed E-state index contributed by atoms with van der Waals surface area (Å²) in [7, 11) is 0. The molecule has 2 amide bonds. The molecule has 2 aromatic rings. The van der Waals surface area contributed by atoms with Crippen LogP contribution in [-0.2, 0) is 6.54 Å². The molecule has 23 heavy (non-hydrogen) atoms. The molecule has 0 spiro atoms. The van der Waals surface area contributed by atoms with E-state index in [0.717, 1.165) is 23.3 Å². The van der Waals surface area contributed by atoms with Crippen molar-refractivity contribution < 1.29 is 22.7 Å². The normalized spacial score (nSPS) is 11.0. The summed E-state index contributed by atoms with van der Waals surface area (Å²) in [5.74, 6) is -0.394. The third-order valence-corrected chi connectivity index (χ3v) is 3.03. The maximum atomic E-state index is 12.2. The number of ether oxygens (including phenoxy) is 1. The molecule has 0 aliphatic rings. The molecule has 0 fully saturated rings. The number of benzene rings is 2. The zero-order valence-electron chi connectivity index (χ0n) is 12.3. The molecule has 0 aliphatic carbocycles. The molecule has 7 heteroatoms. The fourth-order valence-electron chi connectivity index (χ4n) is 1.93. The van der Waals surface area contributed by atoms with Gasteiger partial charge >= 0.3 is 12.4 Å². The molecule has 0 saturated heterocycles. The minimum Gasteiger partial charge on any atom is -0.406 e. The van der Waals surface area contributed by atoms with Gasteiger partial charge in [-0.2, -0.15) is 0 Å². The lowest BCUT2D eigenvalue weighted by atomic mass is 10.1. The molecule has 4 nitrogen and oxygen atoms in total. The molecule has 122 valence electrons. The Labute approximate surface area is 131 Å². The van der Waals surface area contributed by atoms with E-state index < -0.39 is 18.1 Å². The zero-order valence-corrected chi connectivity index (χ0v) is 12.3. The van der Waals surface area contributed by atoms with Crippen molar-refractivity contribution in [2.45, 2.75) is 19.8 Å². The first-order valence-corrected chi connectivity index (χ1v) is 6.79. The Bertz CT molecular complexity index is 687. The van der Waals surface area contributed by atoms with E-state index >= 15 is 0 Å². The zero-order chi connectivity index (χ0) is 16.9. The van der Waals surface area contributed by atoms with Crippen LogP contribution in [0.2, 0.25) is 0 Å². The third kappa shape index (κ3) is 5.54. The summed E-state index contributed by atoms with van der Waals surface area (Å²) >= 11 is 0. The van der Waals surface area contributed by atoms with Crippen LogP contribution in [0.15, 0.2) is 48.5 Å². The average molecular weight is 324 g/mol. The quantitative estimate of drug-likeness (QED) is 0.885. The van der Waals surface area contributed by atoms with Gasteiger partial charge in [-0.1, -0.05) is 30.3 Å². The number of carbonyl (C=O) groups is 1. The van der Waals surface area contributed by atoms with E-state index in [0.29, 0.717) is 6.54 Å². The van der Waals surface area contributed by atoms with Crippen LogP contribution in [0.1, 0.15) is 11.1 Å². The molecule has 0 saturated carbocycles. The van der Waals surface area contributed by atoms with E-state index in [4.69, 9.17) is 0 Å². The van der Waals surface area contributed by atoms with E-state index in [9.17, 15) is 18.0 Å². The molecule has 0 atom stereocenters. The lowest BCUT2D eigenvalue weighted by Crippen LogP contribution is -2.28. The van der Waals surface area contributed by atoms with Gasteiger partial charge in [0.05, 0.1) is 0 Å². The van der Waals surface area contributed by atoms with Crippen molar-refractivity contribution in [2.24, 2.45) is 0 Å². The van der Waals surface area contributed by atoms with Crippen molar-refractivity contribution >= 4 is 11.7 Å². The molecular weight excluding hydrogens is 309 g/mol. The topological polar surface area (TPSA) is 50.4 Å². The Kier molecular flexibility index (Phi) is 5.10. The van der Waals surface area contributed by atoms with Crippen LogP contribution < -0.4 is 15.4 Å². The van der Waals surface area contributed by atoms with Gasteiger partial charge in [0, 0.05) is 18.3 Å². The smallest absolute Gasteiger partial charge is 0.406 e. The van der Waals surface area contributed by atoms with Gasteiger partial charge in [0.15, 0.2) is 0 Å². The minimum absolute atomic E-state index is 0.203. The maximum absolute atomic E-state index is 12.2. The monoisotopic (exact) mass is 324 g/mol. The fraction of sp³-hybridized carbons (Fsp3) is 0.188. The van der Waals surface area contributed by atoms with Crippen LogP contribution in [0.5, 0.6) is 5.75 Å². The molecule has 2 aromatic carbocycles. The summed E-state index contributed by atoms with van der Waals surface area (Å²) in [5, 5.41) is 5.10. The number of amides is 2. The maximum Gasteiger partial charge on any atom is 0.573 e. The van der Waals surface area contributed by atoms with Gasteiger partial charge in [-0.3, -0.25) is 0 Å². The number of anilines is 1. The number of rotatable bonds is 4. The molecule has 2 N–H and O–H groups in total. The lowest BCUT2D eigenvalue weighted by molar-refractivity contribution is -0.274.